The summed E-state index contributed by atoms with van der Waals surface area (Å²) in [5, 5.41) is 20.8. The Balaban J connectivity index is 1.61. The molecule has 3 heterocycles. The maximum atomic E-state index is 12.3. The lowest BCUT2D eigenvalue weighted by molar-refractivity contribution is -0.139. The number of hydrogen-bond acceptors (Lipinski definition) is 7. The SMILES string of the molecule is Cc1cc(N2CCC(O)(CN(C)C(=O)CC[C@@H](N)C(=O)O)CC2)c2cnccc2n1. The molecule has 3 rings (SSSR count). The summed E-state index contributed by atoms with van der Waals surface area (Å²) in [6.07, 6.45) is 4.69. The van der Waals surface area contributed by atoms with Crippen LogP contribution in [0, 0.1) is 6.92 Å². The zero-order chi connectivity index (χ0) is 21.9. The lowest BCUT2D eigenvalue weighted by Gasteiger charge is -2.41. The lowest BCUT2D eigenvalue weighted by Crippen LogP contribution is -2.51. The van der Waals surface area contributed by atoms with Gasteiger partial charge < -0.3 is 25.7 Å². The van der Waals surface area contributed by atoms with E-state index in [1.807, 2.05) is 25.3 Å². The maximum absolute atomic E-state index is 12.3. The summed E-state index contributed by atoms with van der Waals surface area (Å²) >= 11 is 0. The van der Waals surface area contributed by atoms with Crippen molar-refractivity contribution in [2.45, 2.75) is 44.2 Å². The predicted octanol–water partition coefficient (Wildman–Crippen LogP) is 0.920. The minimum atomic E-state index is -1.12. The van der Waals surface area contributed by atoms with Gasteiger partial charge in [0.2, 0.25) is 5.91 Å². The number of nitrogens with zero attached hydrogens (tertiary/aromatic N) is 4. The van der Waals surface area contributed by atoms with E-state index in [1.54, 1.807) is 13.2 Å². The van der Waals surface area contributed by atoms with E-state index < -0.39 is 17.6 Å². The molecule has 4 N–H and O–H groups in total. The first-order valence-electron chi connectivity index (χ1n) is 10.1. The van der Waals surface area contributed by atoms with Gasteiger partial charge in [-0.25, -0.2) is 0 Å². The summed E-state index contributed by atoms with van der Waals surface area (Å²) in [5.74, 6) is -1.34. The Morgan fingerprint density at radius 1 is 1.37 bits per heavy atom. The molecule has 0 aliphatic carbocycles. The highest BCUT2D eigenvalue weighted by molar-refractivity contribution is 5.91. The van der Waals surface area contributed by atoms with E-state index in [0.717, 1.165) is 22.3 Å². The van der Waals surface area contributed by atoms with E-state index in [4.69, 9.17) is 10.8 Å². The van der Waals surface area contributed by atoms with Gasteiger partial charge in [-0.3, -0.25) is 19.6 Å². The van der Waals surface area contributed by atoms with E-state index >= 15 is 0 Å². The third-order valence-electron chi connectivity index (χ3n) is 5.69. The van der Waals surface area contributed by atoms with Gasteiger partial charge in [-0.1, -0.05) is 0 Å². The molecule has 1 saturated heterocycles. The topological polar surface area (TPSA) is 133 Å². The Labute approximate surface area is 175 Å². The summed E-state index contributed by atoms with van der Waals surface area (Å²) < 4.78 is 0. The van der Waals surface area contributed by atoms with Crippen LogP contribution in [0.1, 0.15) is 31.4 Å². The fourth-order valence-corrected chi connectivity index (χ4v) is 3.89. The van der Waals surface area contributed by atoms with Gasteiger partial charge in [-0.05, 0) is 38.3 Å². The van der Waals surface area contributed by atoms with E-state index in [1.165, 1.54) is 4.90 Å². The van der Waals surface area contributed by atoms with Crippen molar-refractivity contribution in [2.75, 3.05) is 31.6 Å². The number of piperidine rings is 1. The highest BCUT2D eigenvalue weighted by Crippen LogP contribution is 2.31. The smallest absolute Gasteiger partial charge is 0.320 e. The highest BCUT2D eigenvalue weighted by atomic mass is 16.4. The minimum Gasteiger partial charge on any atom is -0.480 e. The second kappa shape index (κ2) is 8.93. The van der Waals surface area contributed by atoms with Crippen molar-refractivity contribution in [3.05, 3.63) is 30.2 Å². The number of pyridine rings is 2. The first-order chi connectivity index (χ1) is 14.2. The van der Waals surface area contributed by atoms with Gasteiger partial charge >= 0.3 is 5.97 Å². The first kappa shape index (κ1) is 21.9. The van der Waals surface area contributed by atoms with Crippen LogP contribution < -0.4 is 10.6 Å². The average Bonchev–Trinajstić information content (AvgIpc) is 2.71. The van der Waals surface area contributed by atoms with Crippen molar-refractivity contribution in [1.29, 1.82) is 0 Å². The van der Waals surface area contributed by atoms with Crippen LogP contribution in [0.25, 0.3) is 10.9 Å². The second-order valence-corrected chi connectivity index (χ2v) is 8.12. The molecule has 2 aromatic heterocycles. The van der Waals surface area contributed by atoms with Crippen molar-refractivity contribution < 1.29 is 19.8 Å². The molecule has 9 nitrogen and oxygen atoms in total. The first-order valence-corrected chi connectivity index (χ1v) is 10.1. The standard InChI is InChI=1S/C21H29N5O4/c1-14-11-18(15-12-23-8-5-17(15)24-14)26-9-6-21(30,7-10-26)13-25(2)19(27)4-3-16(22)20(28)29/h5,8,11-12,16,30H,3-4,6-7,9-10,13,22H2,1-2H3,(H,28,29)/t16-/m1/s1. The van der Waals surface area contributed by atoms with Gasteiger partial charge in [0.05, 0.1) is 11.1 Å². The Hall–Kier alpha value is -2.78. The number of fused-ring (bicyclic) bond motifs is 1. The molecule has 0 unspecified atom stereocenters. The van der Waals surface area contributed by atoms with Crippen LogP contribution in [0.5, 0.6) is 0 Å². The normalized spacial score (nSPS) is 17.0. The number of carbonyl (C=O) groups excluding carboxylic acids is 1. The third-order valence-corrected chi connectivity index (χ3v) is 5.69. The number of amides is 1. The number of rotatable bonds is 7. The molecule has 1 fully saturated rings. The fourth-order valence-electron chi connectivity index (χ4n) is 3.89. The van der Waals surface area contributed by atoms with Crippen molar-refractivity contribution >= 4 is 28.5 Å². The number of hydrogen-bond donors (Lipinski definition) is 3. The number of carboxylic acid groups (broad SMARTS) is 1. The van der Waals surface area contributed by atoms with Crippen LogP contribution in [0.15, 0.2) is 24.5 Å². The number of aryl methyl sites for hydroxylation is 1. The van der Waals surface area contributed by atoms with Gasteiger partial charge in [0.15, 0.2) is 0 Å². The molecule has 9 heteroatoms. The quantitative estimate of drug-likeness (QED) is 0.608. The number of carboxylic acids is 1. The molecule has 1 amide bonds. The second-order valence-electron chi connectivity index (χ2n) is 8.12. The van der Waals surface area contributed by atoms with Crippen molar-refractivity contribution in [3.8, 4) is 0 Å². The Morgan fingerprint density at radius 2 is 2.07 bits per heavy atom. The van der Waals surface area contributed by atoms with Crippen molar-refractivity contribution in [1.82, 2.24) is 14.9 Å². The lowest BCUT2D eigenvalue weighted by atomic mass is 9.90. The van der Waals surface area contributed by atoms with Gasteiger partial charge in [-0.2, -0.15) is 0 Å². The Kier molecular flexibility index (Phi) is 6.52. The zero-order valence-corrected chi connectivity index (χ0v) is 17.4. The molecule has 1 atom stereocenters. The van der Waals surface area contributed by atoms with Gasteiger partial charge in [0.25, 0.3) is 0 Å². The average molecular weight is 415 g/mol. The number of aliphatic hydroxyl groups is 1. The van der Waals surface area contributed by atoms with Crippen LogP contribution >= 0.6 is 0 Å². The summed E-state index contributed by atoms with van der Waals surface area (Å²) in [4.78, 5) is 35.6. The summed E-state index contributed by atoms with van der Waals surface area (Å²) in [6, 6.07) is 2.88. The number of aromatic nitrogens is 2. The molecule has 30 heavy (non-hydrogen) atoms. The Morgan fingerprint density at radius 3 is 2.73 bits per heavy atom. The van der Waals surface area contributed by atoms with E-state index in [2.05, 4.69) is 14.9 Å². The number of anilines is 1. The monoisotopic (exact) mass is 415 g/mol. The van der Waals surface area contributed by atoms with Gasteiger partial charge in [0, 0.05) is 62.3 Å². The third kappa shape index (κ3) is 5.03. The molecule has 162 valence electrons. The number of likely N-dealkylation sites (N-methyl/N-ethyl adjacent to an activating group) is 1. The fraction of sp³-hybridized carbons (Fsp3) is 0.524. The van der Waals surface area contributed by atoms with Gasteiger partial charge in [0.1, 0.15) is 6.04 Å². The summed E-state index contributed by atoms with van der Waals surface area (Å²) in [6.45, 7) is 3.46. The van der Waals surface area contributed by atoms with E-state index in [-0.39, 0.29) is 25.3 Å². The van der Waals surface area contributed by atoms with Crippen LogP contribution in [0.3, 0.4) is 0 Å². The molecule has 0 aromatic carbocycles. The van der Waals surface area contributed by atoms with Crippen molar-refractivity contribution in [3.63, 3.8) is 0 Å². The molecule has 1 aliphatic heterocycles. The molecular formula is C21H29N5O4. The largest absolute Gasteiger partial charge is 0.480 e. The summed E-state index contributed by atoms with van der Waals surface area (Å²) in [5.41, 5.74) is 7.36. The molecule has 0 saturated carbocycles. The van der Waals surface area contributed by atoms with Crippen LogP contribution in [-0.2, 0) is 9.59 Å². The number of nitrogens with two attached hydrogens (primary N) is 1. The maximum Gasteiger partial charge on any atom is 0.320 e. The molecular weight excluding hydrogens is 386 g/mol. The van der Waals surface area contributed by atoms with E-state index in [0.29, 0.717) is 25.9 Å². The summed E-state index contributed by atoms with van der Waals surface area (Å²) in [7, 11) is 1.63. The number of carbonyl (C=O) groups is 2. The highest BCUT2D eigenvalue weighted by Gasteiger charge is 2.35. The minimum absolute atomic E-state index is 0.0431. The number of aliphatic carboxylic acids is 1. The van der Waals surface area contributed by atoms with E-state index in [9.17, 15) is 14.7 Å². The Bertz CT molecular complexity index is 927. The molecule has 0 radical (unpaired) electrons. The predicted molar refractivity (Wildman–Crippen MR) is 113 cm³/mol. The zero-order valence-electron chi connectivity index (χ0n) is 17.4. The van der Waals surface area contributed by atoms with Crippen LogP contribution in [-0.4, -0.2) is 75.3 Å². The molecule has 0 bridgehead atoms. The van der Waals surface area contributed by atoms with Gasteiger partial charge in [-0.15, -0.1) is 0 Å². The molecule has 2 aromatic rings. The van der Waals surface area contributed by atoms with Crippen LogP contribution in [0.2, 0.25) is 0 Å². The van der Waals surface area contributed by atoms with Crippen LogP contribution in [0.4, 0.5) is 5.69 Å². The molecule has 1 aliphatic rings. The van der Waals surface area contributed by atoms with Crippen molar-refractivity contribution in [2.24, 2.45) is 5.73 Å². The molecule has 0 spiro atoms.